The summed E-state index contributed by atoms with van der Waals surface area (Å²) in [5.41, 5.74) is 2.75. The molecule has 86 valence electrons. The summed E-state index contributed by atoms with van der Waals surface area (Å²) in [6.07, 6.45) is 4.79. The summed E-state index contributed by atoms with van der Waals surface area (Å²) in [6, 6.07) is 8.57. The van der Waals surface area contributed by atoms with Crippen LogP contribution in [-0.2, 0) is 0 Å². The van der Waals surface area contributed by atoms with Crippen molar-refractivity contribution >= 4 is 23.3 Å². The first kappa shape index (κ1) is 11.5. The molecule has 16 heavy (non-hydrogen) atoms. The third-order valence-electron chi connectivity index (χ3n) is 3.36. The summed E-state index contributed by atoms with van der Waals surface area (Å²) in [7, 11) is 0. The second-order valence-electron chi connectivity index (χ2n) is 4.33. The summed E-state index contributed by atoms with van der Waals surface area (Å²) in [5, 5.41) is 4.87. The van der Waals surface area contributed by atoms with Gasteiger partial charge in [-0.3, -0.25) is 0 Å². The summed E-state index contributed by atoms with van der Waals surface area (Å²) in [6.45, 7) is 2.31. The lowest BCUT2D eigenvalue weighted by molar-refractivity contribution is 0.463. The lowest BCUT2D eigenvalue weighted by Crippen LogP contribution is -2.28. The Morgan fingerprint density at radius 2 is 2.06 bits per heavy atom. The van der Waals surface area contributed by atoms with Gasteiger partial charge in [-0.25, -0.2) is 0 Å². The van der Waals surface area contributed by atoms with Gasteiger partial charge in [-0.2, -0.15) is 0 Å². The highest BCUT2D eigenvalue weighted by Crippen LogP contribution is 2.29. The minimum atomic E-state index is 0. The molecule has 1 atom stereocenters. The number of hydrogen-bond donors (Lipinski definition) is 2. The fourth-order valence-corrected chi connectivity index (χ4v) is 2.55. The number of hydrogen-bond acceptors (Lipinski definition) is 1. The van der Waals surface area contributed by atoms with Crippen LogP contribution in [0.15, 0.2) is 30.5 Å². The highest BCUT2D eigenvalue weighted by atomic mass is 35.5. The van der Waals surface area contributed by atoms with Gasteiger partial charge < -0.3 is 10.3 Å². The van der Waals surface area contributed by atoms with Crippen LogP contribution in [0.5, 0.6) is 0 Å². The van der Waals surface area contributed by atoms with Crippen molar-refractivity contribution in [1.82, 2.24) is 10.3 Å². The third kappa shape index (κ3) is 1.95. The molecule has 0 spiro atoms. The van der Waals surface area contributed by atoms with Crippen molar-refractivity contribution in [3.8, 4) is 0 Å². The molecule has 1 aliphatic rings. The molecule has 2 heterocycles. The maximum atomic E-state index is 3.47. The van der Waals surface area contributed by atoms with E-state index in [2.05, 4.69) is 40.8 Å². The van der Waals surface area contributed by atoms with Crippen LogP contribution in [0.4, 0.5) is 0 Å². The minimum Gasteiger partial charge on any atom is -0.361 e. The zero-order valence-corrected chi connectivity index (χ0v) is 10.0. The van der Waals surface area contributed by atoms with Gasteiger partial charge in [0.05, 0.1) is 0 Å². The van der Waals surface area contributed by atoms with Gasteiger partial charge in [0.15, 0.2) is 0 Å². The fraction of sp³-hybridized carbons (Fsp3) is 0.385. The molecule has 1 aliphatic heterocycles. The molecule has 0 bridgehead atoms. The molecule has 0 amide bonds. The van der Waals surface area contributed by atoms with Crippen molar-refractivity contribution in [1.29, 1.82) is 0 Å². The number of nitrogens with one attached hydrogen (secondary N) is 2. The number of aromatic nitrogens is 1. The number of H-pyrrole nitrogens is 1. The van der Waals surface area contributed by atoms with Gasteiger partial charge >= 0.3 is 0 Å². The summed E-state index contributed by atoms with van der Waals surface area (Å²) in [4.78, 5) is 3.36. The first-order valence-electron chi connectivity index (χ1n) is 5.72. The maximum Gasteiger partial charge on any atom is 0.0456 e. The van der Waals surface area contributed by atoms with Gasteiger partial charge in [0.2, 0.25) is 0 Å². The number of aromatic amines is 1. The maximum absolute atomic E-state index is 3.47. The Bertz CT molecular complexity index is 458. The molecular formula is C13H17ClN2. The van der Waals surface area contributed by atoms with Gasteiger partial charge in [-0.1, -0.05) is 18.2 Å². The lowest BCUT2D eigenvalue weighted by Gasteiger charge is -2.22. The van der Waals surface area contributed by atoms with Crippen molar-refractivity contribution in [3.05, 3.63) is 36.0 Å². The van der Waals surface area contributed by atoms with Crippen LogP contribution in [0, 0.1) is 0 Å². The van der Waals surface area contributed by atoms with E-state index in [1.54, 1.807) is 0 Å². The van der Waals surface area contributed by atoms with Crippen LogP contribution in [0.2, 0.25) is 0 Å². The number of piperidine rings is 1. The van der Waals surface area contributed by atoms with E-state index in [9.17, 15) is 0 Å². The Kier molecular flexibility index (Phi) is 3.52. The van der Waals surface area contributed by atoms with E-state index in [1.165, 1.54) is 35.9 Å². The van der Waals surface area contributed by atoms with E-state index in [0.717, 1.165) is 6.54 Å². The third-order valence-corrected chi connectivity index (χ3v) is 3.36. The Morgan fingerprint density at radius 1 is 1.19 bits per heavy atom. The molecule has 1 aromatic heterocycles. The number of benzene rings is 1. The van der Waals surface area contributed by atoms with Crippen molar-refractivity contribution in [2.75, 3.05) is 13.1 Å². The highest BCUT2D eigenvalue weighted by molar-refractivity contribution is 5.85. The Morgan fingerprint density at radius 3 is 2.88 bits per heavy atom. The van der Waals surface area contributed by atoms with Crippen molar-refractivity contribution in [2.24, 2.45) is 0 Å². The summed E-state index contributed by atoms with van der Waals surface area (Å²) < 4.78 is 0. The van der Waals surface area contributed by atoms with E-state index in [4.69, 9.17) is 0 Å². The number of para-hydroxylation sites is 1. The van der Waals surface area contributed by atoms with E-state index in [-0.39, 0.29) is 12.4 Å². The molecule has 1 fully saturated rings. The Labute approximate surface area is 102 Å². The zero-order valence-electron chi connectivity index (χ0n) is 9.20. The average Bonchev–Trinajstić information content (AvgIpc) is 2.74. The van der Waals surface area contributed by atoms with Crippen LogP contribution >= 0.6 is 12.4 Å². The molecule has 0 saturated carbocycles. The molecule has 3 heteroatoms. The molecule has 1 saturated heterocycles. The Hall–Kier alpha value is -0.990. The van der Waals surface area contributed by atoms with Crippen LogP contribution in [0.1, 0.15) is 24.3 Å². The summed E-state index contributed by atoms with van der Waals surface area (Å²) in [5.74, 6) is 0.690. The number of rotatable bonds is 1. The molecule has 0 aliphatic carbocycles. The zero-order chi connectivity index (χ0) is 10.1. The van der Waals surface area contributed by atoms with Gasteiger partial charge in [0.25, 0.3) is 0 Å². The highest BCUT2D eigenvalue weighted by Gasteiger charge is 2.17. The molecule has 0 radical (unpaired) electrons. The smallest absolute Gasteiger partial charge is 0.0456 e. The van der Waals surface area contributed by atoms with Gasteiger partial charge in [-0.15, -0.1) is 12.4 Å². The van der Waals surface area contributed by atoms with E-state index in [0.29, 0.717) is 5.92 Å². The largest absolute Gasteiger partial charge is 0.361 e. The van der Waals surface area contributed by atoms with Crippen LogP contribution in [-0.4, -0.2) is 18.1 Å². The van der Waals surface area contributed by atoms with Gasteiger partial charge in [0.1, 0.15) is 0 Å². The normalized spacial score (nSPS) is 20.6. The van der Waals surface area contributed by atoms with Crippen LogP contribution in [0.25, 0.3) is 10.9 Å². The Balaban J connectivity index is 0.000000963. The van der Waals surface area contributed by atoms with Crippen molar-refractivity contribution in [3.63, 3.8) is 0 Å². The predicted molar refractivity (Wildman–Crippen MR) is 70.4 cm³/mol. The molecule has 2 nitrogen and oxygen atoms in total. The van der Waals surface area contributed by atoms with E-state index >= 15 is 0 Å². The van der Waals surface area contributed by atoms with Gasteiger partial charge in [-0.05, 0) is 36.9 Å². The number of fused-ring (bicyclic) bond motifs is 1. The second-order valence-corrected chi connectivity index (χ2v) is 4.33. The van der Waals surface area contributed by atoms with Crippen LogP contribution in [0.3, 0.4) is 0 Å². The SMILES string of the molecule is Cl.c1ccc2c(C3CCCNC3)c[nH]c2c1. The van der Waals surface area contributed by atoms with Gasteiger partial charge in [0, 0.05) is 23.6 Å². The van der Waals surface area contributed by atoms with E-state index in [1.807, 2.05) is 0 Å². The topological polar surface area (TPSA) is 27.8 Å². The second kappa shape index (κ2) is 4.89. The van der Waals surface area contributed by atoms with Crippen LogP contribution < -0.4 is 5.32 Å². The fourth-order valence-electron chi connectivity index (χ4n) is 2.55. The minimum absolute atomic E-state index is 0. The van der Waals surface area contributed by atoms with Crippen molar-refractivity contribution < 1.29 is 0 Å². The molecule has 3 rings (SSSR count). The molecule has 1 unspecified atom stereocenters. The predicted octanol–water partition coefficient (Wildman–Crippen LogP) is 3.06. The summed E-state index contributed by atoms with van der Waals surface area (Å²) >= 11 is 0. The first-order valence-corrected chi connectivity index (χ1v) is 5.72. The van der Waals surface area contributed by atoms with Crippen molar-refractivity contribution in [2.45, 2.75) is 18.8 Å². The standard InChI is InChI=1S/C13H16N2.ClH/c1-2-6-13-11(5-1)12(9-15-13)10-4-3-7-14-8-10;/h1-2,5-6,9-10,14-15H,3-4,7-8H2;1H. The average molecular weight is 237 g/mol. The number of halogens is 1. The molecule has 1 aromatic carbocycles. The molecule has 2 N–H and O–H groups in total. The van der Waals surface area contributed by atoms with E-state index < -0.39 is 0 Å². The monoisotopic (exact) mass is 236 g/mol. The lowest BCUT2D eigenvalue weighted by atomic mass is 9.91. The molecular weight excluding hydrogens is 220 g/mol. The molecule has 2 aromatic rings. The quantitative estimate of drug-likeness (QED) is 0.783. The first-order chi connectivity index (χ1) is 7.45.